The van der Waals surface area contributed by atoms with Gasteiger partial charge in [-0.3, -0.25) is 0 Å². The molecular formula is C23H49BrO2SSi. The van der Waals surface area contributed by atoms with Crippen LogP contribution in [0.1, 0.15) is 110 Å². The van der Waals surface area contributed by atoms with Crippen molar-refractivity contribution in [3.05, 3.63) is 0 Å². The molecule has 0 aliphatic heterocycles. The lowest BCUT2D eigenvalue weighted by Crippen LogP contribution is -2.38. The Morgan fingerprint density at radius 1 is 0.750 bits per heavy atom. The van der Waals surface area contributed by atoms with Crippen LogP contribution in [0.4, 0.5) is 0 Å². The Morgan fingerprint density at radius 3 is 1.96 bits per heavy atom. The van der Waals surface area contributed by atoms with Gasteiger partial charge in [0.2, 0.25) is 0 Å². The van der Waals surface area contributed by atoms with E-state index in [2.05, 4.69) is 42.9 Å². The standard InChI is InChI=1S/C23H49BrO2SSi/c1-5-7-9-11-15-19-23(27-22-18-14-10-8-6-2)26-28(3,4)25-21-17-13-12-16-20-24/h23H,5-22H2,1-4H3. The largest absolute Gasteiger partial charge is 0.394 e. The second-order valence-electron chi connectivity index (χ2n) is 8.39. The Labute approximate surface area is 191 Å². The van der Waals surface area contributed by atoms with Crippen LogP contribution >= 0.6 is 27.7 Å². The van der Waals surface area contributed by atoms with Gasteiger partial charge in [-0.25, -0.2) is 0 Å². The van der Waals surface area contributed by atoms with Crippen LogP contribution in [-0.2, 0) is 8.85 Å². The van der Waals surface area contributed by atoms with Crippen LogP contribution in [0.5, 0.6) is 0 Å². The van der Waals surface area contributed by atoms with Crippen LogP contribution in [0.15, 0.2) is 0 Å². The molecule has 0 radical (unpaired) electrons. The van der Waals surface area contributed by atoms with Crippen molar-refractivity contribution in [2.75, 3.05) is 17.7 Å². The fourth-order valence-electron chi connectivity index (χ4n) is 3.23. The third-order valence-electron chi connectivity index (χ3n) is 4.99. The zero-order chi connectivity index (χ0) is 20.9. The molecule has 1 unspecified atom stereocenters. The number of halogens is 1. The second kappa shape index (κ2) is 21.2. The molecule has 0 aliphatic rings. The fourth-order valence-corrected chi connectivity index (χ4v) is 7.02. The molecule has 0 bridgehead atoms. The van der Waals surface area contributed by atoms with Crippen LogP contribution in [-0.4, -0.2) is 31.7 Å². The molecule has 0 saturated carbocycles. The lowest BCUT2D eigenvalue weighted by atomic mass is 10.1. The van der Waals surface area contributed by atoms with Crippen LogP contribution in [0.3, 0.4) is 0 Å². The van der Waals surface area contributed by atoms with Gasteiger partial charge in [0, 0.05) is 11.9 Å². The third-order valence-corrected chi connectivity index (χ3v) is 8.70. The molecule has 0 aromatic rings. The van der Waals surface area contributed by atoms with E-state index in [0.717, 1.165) is 11.9 Å². The summed E-state index contributed by atoms with van der Waals surface area (Å²) in [5, 5.41) is 1.12. The molecule has 0 spiro atoms. The van der Waals surface area contributed by atoms with Crippen LogP contribution < -0.4 is 0 Å². The van der Waals surface area contributed by atoms with Gasteiger partial charge in [0.1, 0.15) is 0 Å². The van der Waals surface area contributed by atoms with Crippen LogP contribution in [0.2, 0.25) is 13.1 Å². The summed E-state index contributed by atoms with van der Waals surface area (Å²) in [4.78, 5) is 0. The minimum atomic E-state index is -2.02. The van der Waals surface area contributed by atoms with Crippen molar-refractivity contribution in [2.45, 2.75) is 129 Å². The number of thioether (sulfide) groups is 1. The lowest BCUT2D eigenvalue weighted by molar-refractivity contribution is 0.157. The summed E-state index contributed by atoms with van der Waals surface area (Å²) >= 11 is 5.55. The molecule has 1 atom stereocenters. The summed E-state index contributed by atoms with van der Waals surface area (Å²) in [7, 11) is -2.02. The maximum atomic E-state index is 6.57. The first kappa shape index (κ1) is 29.0. The van der Waals surface area contributed by atoms with Gasteiger partial charge in [-0.15, -0.1) is 11.8 Å². The molecule has 28 heavy (non-hydrogen) atoms. The molecular weight excluding hydrogens is 448 g/mol. The fraction of sp³-hybridized carbons (Fsp3) is 1.00. The summed E-state index contributed by atoms with van der Waals surface area (Å²) in [5.41, 5.74) is 0.336. The van der Waals surface area contributed by atoms with Gasteiger partial charge >= 0.3 is 8.56 Å². The zero-order valence-electron chi connectivity index (χ0n) is 19.4. The van der Waals surface area contributed by atoms with Crippen molar-refractivity contribution in [1.29, 1.82) is 0 Å². The predicted octanol–water partition coefficient (Wildman–Crippen LogP) is 9.07. The summed E-state index contributed by atoms with van der Waals surface area (Å²) < 4.78 is 12.8. The van der Waals surface area contributed by atoms with E-state index in [1.807, 2.05) is 11.8 Å². The predicted molar refractivity (Wildman–Crippen MR) is 135 cm³/mol. The maximum absolute atomic E-state index is 6.57. The van der Waals surface area contributed by atoms with Crippen molar-refractivity contribution >= 4 is 36.3 Å². The van der Waals surface area contributed by atoms with Gasteiger partial charge in [-0.05, 0) is 44.5 Å². The summed E-state index contributed by atoms with van der Waals surface area (Å²) in [5.74, 6) is 1.24. The highest BCUT2D eigenvalue weighted by atomic mass is 79.9. The zero-order valence-corrected chi connectivity index (χ0v) is 22.8. The summed E-state index contributed by atoms with van der Waals surface area (Å²) in [6, 6.07) is 0. The first-order valence-corrected chi connectivity index (χ1v) is 17.0. The van der Waals surface area contributed by atoms with Crippen LogP contribution in [0.25, 0.3) is 0 Å². The minimum Gasteiger partial charge on any atom is -0.394 e. The van der Waals surface area contributed by atoms with E-state index in [4.69, 9.17) is 8.85 Å². The molecule has 0 aromatic heterocycles. The molecule has 170 valence electrons. The number of rotatable bonds is 22. The highest BCUT2D eigenvalue weighted by molar-refractivity contribution is 9.09. The van der Waals surface area contributed by atoms with Gasteiger partial charge < -0.3 is 8.85 Å². The SMILES string of the molecule is CCCCCCCSC(CCCCCCC)O[Si](C)(C)OCCCCCCBr. The summed E-state index contributed by atoms with van der Waals surface area (Å²) in [6.07, 6.45) is 19.7. The maximum Gasteiger partial charge on any atom is 0.332 e. The van der Waals surface area contributed by atoms with Gasteiger partial charge in [0.15, 0.2) is 0 Å². The average molecular weight is 498 g/mol. The van der Waals surface area contributed by atoms with Gasteiger partial charge in [0.25, 0.3) is 0 Å². The topological polar surface area (TPSA) is 18.5 Å². The normalized spacial score (nSPS) is 13.2. The smallest absolute Gasteiger partial charge is 0.332 e. The van der Waals surface area contributed by atoms with E-state index < -0.39 is 8.56 Å². The number of hydrogen-bond donors (Lipinski definition) is 0. The molecule has 0 heterocycles. The van der Waals surface area contributed by atoms with Crippen molar-refractivity contribution in [1.82, 2.24) is 0 Å². The van der Waals surface area contributed by atoms with Crippen LogP contribution in [0, 0.1) is 0 Å². The van der Waals surface area contributed by atoms with E-state index in [0.29, 0.717) is 5.44 Å². The molecule has 0 fully saturated rings. The van der Waals surface area contributed by atoms with Crippen molar-refractivity contribution in [3.63, 3.8) is 0 Å². The average Bonchev–Trinajstić information content (AvgIpc) is 2.66. The Balaban J connectivity index is 4.17. The highest BCUT2D eigenvalue weighted by Crippen LogP contribution is 2.26. The number of hydrogen-bond acceptors (Lipinski definition) is 3. The van der Waals surface area contributed by atoms with Gasteiger partial charge in [-0.1, -0.05) is 100 Å². The highest BCUT2D eigenvalue weighted by Gasteiger charge is 2.28. The third kappa shape index (κ3) is 20.2. The molecule has 5 heteroatoms. The molecule has 0 saturated heterocycles. The molecule has 0 N–H and O–H groups in total. The van der Waals surface area contributed by atoms with Crippen molar-refractivity contribution in [3.8, 4) is 0 Å². The second-order valence-corrected chi connectivity index (χ2v) is 13.8. The first-order valence-electron chi connectivity index (χ1n) is 12.0. The first-order chi connectivity index (χ1) is 13.6. The number of unbranched alkanes of at least 4 members (excludes halogenated alkanes) is 11. The molecule has 0 aromatic carbocycles. The Kier molecular flexibility index (Phi) is 21.9. The van der Waals surface area contributed by atoms with E-state index in [-0.39, 0.29) is 0 Å². The van der Waals surface area contributed by atoms with E-state index in [1.54, 1.807) is 0 Å². The molecule has 0 aliphatic carbocycles. The quantitative estimate of drug-likeness (QED) is 0.0643. The molecule has 0 rings (SSSR count). The molecule has 0 amide bonds. The number of alkyl halides is 1. The molecule has 2 nitrogen and oxygen atoms in total. The van der Waals surface area contributed by atoms with E-state index in [9.17, 15) is 0 Å². The van der Waals surface area contributed by atoms with Crippen molar-refractivity contribution in [2.24, 2.45) is 0 Å². The van der Waals surface area contributed by atoms with E-state index >= 15 is 0 Å². The Morgan fingerprint density at radius 2 is 1.32 bits per heavy atom. The lowest BCUT2D eigenvalue weighted by Gasteiger charge is -2.29. The Hall–Kier alpha value is 0.967. The monoisotopic (exact) mass is 496 g/mol. The van der Waals surface area contributed by atoms with E-state index in [1.165, 1.54) is 102 Å². The summed E-state index contributed by atoms with van der Waals surface area (Å²) in [6.45, 7) is 9.90. The Bertz CT molecular complexity index is 319. The minimum absolute atomic E-state index is 0.336. The van der Waals surface area contributed by atoms with Gasteiger partial charge in [0.05, 0.1) is 5.44 Å². The van der Waals surface area contributed by atoms with Gasteiger partial charge in [-0.2, -0.15) is 0 Å². The van der Waals surface area contributed by atoms with Crippen molar-refractivity contribution < 1.29 is 8.85 Å².